The van der Waals surface area contributed by atoms with Crippen molar-refractivity contribution in [2.75, 3.05) is 4.90 Å². The third kappa shape index (κ3) is 1.70. The van der Waals surface area contributed by atoms with Gasteiger partial charge in [0, 0.05) is 24.1 Å². The van der Waals surface area contributed by atoms with Gasteiger partial charge in [-0.3, -0.25) is 0 Å². The van der Waals surface area contributed by atoms with E-state index < -0.39 is 0 Å². The minimum atomic E-state index is 0.307. The highest BCUT2D eigenvalue weighted by Gasteiger charge is 2.62. The van der Waals surface area contributed by atoms with Gasteiger partial charge in [0.25, 0.3) is 0 Å². The van der Waals surface area contributed by atoms with E-state index in [0.717, 1.165) is 0 Å². The van der Waals surface area contributed by atoms with Gasteiger partial charge < -0.3 is 9.47 Å². The Morgan fingerprint density at radius 1 is 1.22 bits per heavy atom. The second kappa shape index (κ2) is 4.79. The molecule has 4 heteroatoms. The van der Waals surface area contributed by atoms with Gasteiger partial charge >= 0.3 is 0 Å². The molecule has 5 rings (SSSR count). The molecule has 3 atom stereocenters. The molecule has 2 fully saturated rings. The normalized spacial score (nSPS) is 30.9. The largest absolute Gasteiger partial charge is 0.360 e. The van der Waals surface area contributed by atoms with E-state index in [1.54, 1.807) is 0 Å². The summed E-state index contributed by atoms with van der Waals surface area (Å²) in [7, 11) is 0. The molecule has 1 aromatic heterocycles. The first-order chi connectivity index (χ1) is 11.2. The Hall–Kier alpha value is -1.42. The first-order valence-corrected chi connectivity index (χ1v) is 9.65. The highest BCUT2D eigenvalue weighted by molar-refractivity contribution is 8.00. The van der Waals surface area contributed by atoms with Crippen LogP contribution < -0.4 is 4.90 Å². The van der Waals surface area contributed by atoms with E-state index in [0.29, 0.717) is 22.9 Å². The number of hydrogen-bond donors (Lipinski definition) is 0. The zero-order valence-electron chi connectivity index (χ0n) is 13.8. The summed E-state index contributed by atoms with van der Waals surface area (Å²) in [5.41, 5.74) is 3.15. The summed E-state index contributed by atoms with van der Waals surface area (Å²) in [4.78, 5) is 7.38. The molecule has 1 saturated carbocycles. The molecular formula is C19H23N3S. The third-order valence-corrected chi connectivity index (χ3v) is 7.75. The maximum absolute atomic E-state index is 4.59. The SMILES string of the molecule is Cc1ccccc1N1C(C)C2C(Sc3nccn32)C12CCCC2. The predicted octanol–water partition coefficient (Wildman–Crippen LogP) is 4.43. The van der Waals surface area contributed by atoms with Gasteiger partial charge in [-0.15, -0.1) is 0 Å². The Bertz CT molecular complexity index is 747. The molecule has 120 valence electrons. The van der Waals surface area contributed by atoms with Crippen LogP contribution in [-0.4, -0.2) is 26.4 Å². The van der Waals surface area contributed by atoms with Crippen LogP contribution in [0.1, 0.15) is 44.2 Å². The Morgan fingerprint density at radius 3 is 2.78 bits per heavy atom. The van der Waals surface area contributed by atoms with Crippen LogP contribution in [0.15, 0.2) is 41.8 Å². The minimum Gasteiger partial charge on any atom is -0.360 e. The number of para-hydroxylation sites is 1. The summed E-state index contributed by atoms with van der Waals surface area (Å²) in [5, 5.41) is 1.87. The highest BCUT2D eigenvalue weighted by Crippen LogP contribution is 2.60. The Morgan fingerprint density at radius 2 is 2.00 bits per heavy atom. The van der Waals surface area contributed by atoms with Gasteiger partial charge in [-0.05, 0) is 38.3 Å². The van der Waals surface area contributed by atoms with Gasteiger partial charge in [-0.25, -0.2) is 4.98 Å². The van der Waals surface area contributed by atoms with E-state index in [1.165, 1.54) is 42.1 Å². The van der Waals surface area contributed by atoms with Crippen LogP contribution in [0, 0.1) is 6.92 Å². The number of aromatic nitrogens is 2. The zero-order valence-corrected chi connectivity index (χ0v) is 14.6. The fraction of sp³-hybridized carbons (Fsp3) is 0.526. The van der Waals surface area contributed by atoms with Crippen LogP contribution in [0.25, 0.3) is 0 Å². The van der Waals surface area contributed by atoms with Crippen LogP contribution in [0.5, 0.6) is 0 Å². The second-order valence-electron chi connectivity index (χ2n) is 7.35. The molecule has 2 aromatic rings. The maximum atomic E-state index is 4.59. The quantitative estimate of drug-likeness (QED) is 0.774. The lowest BCUT2D eigenvalue weighted by molar-refractivity contribution is 0.426. The number of hydrogen-bond acceptors (Lipinski definition) is 3. The number of fused-ring (bicyclic) bond motifs is 4. The van der Waals surface area contributed by atoms with Crippen LogP contribution >= 0.6 is 11.8 Å². The first kappa shape index (κ1) is 14.0. The number of thioether (sulfide) groups is 1. The smallest absolute Gasteiger partial charge is 0.168 e. The summed E-state index contributed by atoms with van der Waals surface area (Å²) in [6.07, 6.45) is 9.52. The fourth-order valence-electron chi connectivity index (χ4n) is 5.36. The minimum absolute atomic E-state index is 0.307. The molecule has 3 unspecified atom stereocenters. The van der Waals surface area contributed by atoms with E-state index in [-0.39, 0.29) is 0 Å². The lowest BCUT2D eigenvalue weighted by Gasteiger charge is -2.42. The Kier molecular flexibility index (Phi) is 2.91. The standard InChI is InChI=1S/C19H23N3S/c1-13-7-3-4-8-15(13)22-14(2)16-17(19(22)9-5-6-10-19)23-18-20-11-12-21(16)18/h3-4,7-8,11-12,14,16-17H,5-6,9-10H2,1-2H3. The van der Waals surface area contributed by atoms with Gasteiger partial charge in [-0.2, -0.15) is 0 Å². The summed E-state index contributed by atoms with van der Waals surface area (Å²) in [5.74, 6) is 0. The molecule has 3 aliphatic rings. The number of rotatable bonds is 1. The van der Waals surface area contributed by atoms with E-state index in [9.17, 15) is 0 Å². The topological polar surface area (TPSA) is 21.1 Å². The van der Waals surface area contributed by atoms with Crippen molar-refractivity contribution in [3.63, 3.8) is 0 Å². The first-order valence-electron chi connectivity index (χ1n) is 8.77. The van der Waals surface area contributed by atoms with Crippen molar-refractivity contribution in [3.8, 4) is 0 Å². The van der Waals surface area contributed by atoms with Crippen molar-refractivity contribution in [1.82, 2.24) is 9.55 Å². The molecule has 2 aliphatic heterocycles. The van der Waals surface area contributed by atoms with Crippen molar-refractivity contribution in [1.29, 1.82) is 0 Å². The number of imidazole rings is 1. The van der Waals surface area contributed by atoms with Gasteiger partial charge in [0.2, 0.25) is 0 Å². The molecule has 1 aliphatic carbocycles. The Balaban J connectivity index is 1.68. The summed E-state index contributed by atoms with van der Waals surface area (Å²) < 4.78 is 2.44. The third-order valence-electron chi connectivity index (χ3n) is 6.25. The number of anilines is 1. The zero-order chi connectivity index (χ0) is 15.6. The molecule has 1 aromatic carbocycles. The maximum Gasteiger partial charge on any atom is 0.168 e. The summed E-state index contributed by atoms with van der Waals surface area (Å²) in [6.45, 7) is 4.68. The van der Waals surface area contributed by atoms with Crippen LogP contribution in [0.4, 0.5) is 5.69 Å². The van der Waals surface area contributed by atoms with Gasteiger partial charge in [0.15, 0.2) is 5.16 Å². The van der Waals surface area contributed by atoms with Crippen LogP contribution in [-0.2, 0) is 0 Å². The molecule has 1 spiro atoms. The predicted molar refractivity (Wildman–Crippen MR) is 95.2 cm³/mol. The van der Waals surface area contributed by atoms with E-state index in [2.05, 4.69) is 58.8 Å². The van der Waals surface area contributed by atoms with Crippen molar-refractivity contribution in [2.24, 2.45) is 0 Å². The highest BCUT2D eigenvalue weighted by atomic mass is 32.2. The number of benzene rings is 1. The molecule has 3 heterocycles. The summed E-state index contributed by atoms with van der Waals surface area (Å²) >= 11 is 2.03. The molecule has 0 bridgehead atoms. The lowest BCUT2D eigenvalue weighted by atomic mass is 9.91. The van der Waals surface area contributed by atoms with Crippen LogP contribution in [0.3, 0.4) is 0 Å². The molecule has 23 heavy (non-hydrogen) atoms. The van der Waals surface area contributed by atoms with E-state index in [1.807, 2.05) is 18.0 Å². The fourth-order valence-corrected chi connectivity index (χ4v) is 7.08. The summed E-state index contributed by atoms with van der Waals surface area (Å²) in [6, 6.07) is 10.0. The van der Waals surface area contributed by atoms with Crippen LogP contribution in [0.2, 0.25) is 0 Å². The van der Waals surface area contributed by atoms with Crippen molar-refractivity contribution < 1.29 is 0 Å². The van der Waals surface area contributed by atoms with E-state index >= 15 is 0 Å². The molecule has 0 radical (unpaired) electrons. The van der Waals surface area contributed by atoms with Gasteiger partial charge in [0.1, 0.15) is 0 Å². The average molecular weight is 325 g/mol. The Labute approximate surface area is 142 Å². The molecule has 0 N–H and O–H groups in total. The lowest BCUT2D eigenvalue weighted by Crippen LogP contribution is -2.49. The molecule has 3 nitrogen and oxygen atoms in total. The van der Waals surface area contributed by atoms with Crippen molar-refractivity contribution in [2.45, 2.75) is 67.6 Å². The van der Waals surface area contributed by atoms with Crippen molar-refractivity contribution in [3.05, 3.63) is 42.2 Å². The second-order valence-corrected chi connectivity index (χ2v) is 8.46. The molecular weight excluding hydrogens is 302 g/mol. The molecule has 1 saturated heterocycles. The van der Waals surface area contributed by atoms with Crippen molar-refractivity contribution >= 4 is 17.4 Å². The van der Waals surface area contributed by atoms with Gasteiger partial charge in [-0.1, -0.05) is 42.8 Å². The monoisotopic (exact) mass is 325 g/mol. The average Bonchev–Trinajstić information content (AvgIpc) is 3.26. The van der Waals surface area contributed by atoms with E-state index in [4.69, 9.17) is 0 Å². The molecule has 0 amide bonds. The van der Waals surface area contributed by atoms with Gasteiger partial charge in [0.05, 0.1) is 16.8 Å². The number of aryl methyl sites for hydroxylation is 1. The number of nitrogens with zero attached hydrogens (tertiary/aromatic N) is 3.